The fourth-order valence-electron chi connectivity index (χ4n) is 1.45. The van der Waals surface area contributed by atoms with Crippen LogP contribution in [0.3, 0.4) is 0 Å². The molecule has 0 aliphatic carbocycles. The van der Waals surface area contributed by atoms with Gasteiger partial charge in [0.05, 0.1) is 12.7 Å². The Kier molecular flexibility index (Phi) is 6.10. The molecule has 96 valence electrons. The normalized spacial score (nSPS) is 16.5. The van der Waals surface area contributed by atoms with E-state index in [2.05, 4.69) is 5.32 Å². The SMILES string of the molecule is OCC(O)C(O)C(O)CNCc1ccccc1. The van der Waals surface area contributed by atoms with Crippen molar-refractivity contribution in [1.29, 1.82) is 0 Å². The van der Waals surface area contributed by atoms with E-state index in [1.165, 1.54) is 0 Å². The van der Waals surface area contributed by atoms with Gasteiger partial charge in [-0.25, -0.2) is 0 Å². The van der Waals surface area contributed by atoms with Crippen LogP contribution in [0.2, 0.25) is 0 Å². The zero-order valence-corrected chi connectivity index (χ0v) is 9.53. The van der Waals surface area contributed by atoms with Crippen LogP contribution in [0.25, 0.3) is 0 Å². The quantitative estimate of drug-likeness (QED) is 0.416. The highest BCUT2D eigenvalue weighted by Gasteiger charge is 2.23. The second-order valence-electron chi connectivity index (χ2n) is 3.92. The molecule has 5 nitrogen and oxygen atoms in total. The summed E-state index contributed by atoms with van der Waals surface area (Å²) >= 11 is 0. The minimum atomic E-state index is -1.34. The second-order valence-corrected chi connectivity index (χ2v) is 3.92. The number of aliphatic hydroxyl groups is 4. The Bertz CT molecular complexity index is 307. The average Bonchev–Trinajstić information content (AvgIpc) is 2.38. The van der Waals surface area contributed by atoms with E-state index in [1.54, 1.807) is 0 Å². The third-order valence-electron chi connectivity index (χ3n) is 2.50. The van der Waals surface area contributed by atoms with Crippen molar-refractivity contribution in [2.45, 2.75) is 24.9 Å². The topological polar surface area (TPSA) is 93.0 Å². The fraction of sp³-hybridized carbons (Fsp3) is 0.500. The largest absolute Gasteiger partial charge is 0.394 e. The maximum absolute atomic E-state index is 9.51. The van der Waals surface area contributed by atoms with Crippen molar-refractivity contribution in [2.75, 3.05) is 13.2 Å². The van der Waals surface area contributed by atoms with Crippen molar-refractivity contribution in [3.63, 3.8) is 0 Å². The molecule has 1 aromatic rings. The number of nitrogens with one attached hydrogen (secondary N) is 1. The Morgan fingerprint density at radius 1 is 1.00 bits per heavy atom. The van der Waals surface area contributed by atoms with Gasteiger partial charge in [-0.2, -0.15) is 0 Å². The summed E-state index contributed by atoms with van der Waals surface area (Å²) in [5.74, 6) is 0. The molecule has 0 amide bonds. The maximum atomic E-state index is 9.51. The number of benzene rings is 1. The van der Waals surface area contributed by atoms with Gasteiger partial charge in [0.15, 0.2) is 0 Å². The maximum Gasteiger partial charge on any atom is 0.109 e. The first-order valence-electron chi connectivity index (χ1n) is 5.55. The van der Waals surface area contributed by atoms with Crippen LogP contribution in [-0.4, -0.2) is 51.9 Å². The molecular weight excluding hydrogens is 222 g/mol. The van der Waals surface area contributed by atoms with Crippen molar-refractivity contribution in [3.8, 4) is 0 Å². The van der Waals surface area contributed by atoms with Gasteiger partial charge in [0, 0.05) is 13.1 Å². The molecule has 0 aliphatic rings. The molecule has 0 radical (unpaired) electrons. The highest BCUT2D eigenvalue weighted by atomic mass is 16.4. The van der Waals surface area contributed by atoms with E-state index >= 15 is 0 Å². The van der Waals surface area contributed by atoms with Crippen LogP contribution in [0.5, 0.6) is 0 Å². The van der Waals surface area contributed by atoms with Gasteiger partial charge in [-0.3, -0.25) is 0 Å². The second kappa shape index (κ2) is 7.37. The predicted molar refractivity (Wildman–Crippen MR) is 63.3 cm³/mol. The summed E-state index contributed by atoms with van der Waals surface area (Å²) in [7, 11) is 0. The Hall–Kier alpha value is -0.980. The molecule has 0 saturated carbocycles. The van der Waals surface area contributed by atoms with Crippen LogP contribution in [0.15, 0.2) is 30.3 Å². The summed E-state index contributed by atoms with van der Waals surface area (Å²) in [5, 5.41) is 39.6. The Labute approximate surface area is 100 Å². The molecule has 0 heterocycles. The molecular formula is C12H19NO4. The molecule has 0 saturated heterocycles. The predicted octanol–water partition coefficient (Wildman–Crippen LogP) is -1.15. The molecule has 0 fully saturated rings. The Morgan fingerprint density at radius 3 is 2.24 bits per heavy atom. The van der Waals surface area contributed by atoms with E-state index in [-0.39, 0.29) is 6.54 Å². The van der Waals surface area contributed by atoms with Crippen molar-refractivity contribution in [1.82, 2.24) is 5.32 Å². The van der Waals surface area contributed by atoms with Gasteiger partial charge in [-0.15, -0.1) is 0 Å². The van der Waals surface area contributed by atoms with E-state index < -0.39 is 24.9 Å². The molecule has 0 spiro atoms. The van der Waals surface area contributed by atoms with E-state index in [0.717, 1.165) is 5.56 Å². The highest BCUT2D eigenvalue weighted by Crippen LogP contribution is 2.01. The first kappa shape index (κ1) is 14.1. The third kappa shape index (κ3) is 4.80. The number of rotatable bonds is 7. The average molecular weight is 241 g/mol. The van der Waals surface area contributed by atoms with E-state index in [1.807, 2.05) is 30.3 Å². The monoisotopic (exact) mass is 241 g/mol. The van der Waals surface area contributed by atoms with Gasteiger partial charge in [0.2, 0.25) is 0 Å². The lowest BCUT2D eigenvalue weighted by Crippen LogP contribution is -2.44. The number of aliphatic hydroxyl groups excluding tert-OH is 4. The van der Waals surface area contributed by atoms with Gasteiger partial charge in [0.1, 0.15) is 12.2 Å². The Morgan fingerprint density at radius 2 is 1.65 bits per heavy atom. The molecule has 5 N–H and O–H groups in total. The van der Waals surface area contributed by atoms with Crippen molar-refractivity contribution in [3.05, 3.63) is 35.9 Å². The zero-order valence-electron chi connectivity index (χ0n) is 9.53. The standard InChI is InChI=1S/C12H19NO4/c14-8-11(16)12(17)10(15)7-13-6-9-4-2-1-3-5-9/h1-5,10-17H,6-8H2. The van der Waals surface area contributed by atoms with Crippen LogP contribution >= 0.6 is 0 Å². The number of hydrogen-bond acceptors (Lipinski definition) is 5. The smallest absolute Gasteiger partial charge is 0.109 e. The first-order chi connectivity index (χ1) is 8.15. The summed E-state index contributed by atoms with van der Waals surface area (Å²) in [6.45, 7) is 0.143. The van der Waals surface area contributed by atoms with Crippen LogP contribution in [0, 0.1) is 0 Å². The molecule has 1 aromatic carbocycles. The Balaban J connectivity index is 2.27. The summed E-state index contributed by atoms with van der Waals surface area (Å²) in [6.07, 6.45) is -3.77. The van der Waals surface area contributed by atoms with Crippen LogP contribution < -0.4 is 5.32 Å². The summed E-state index contributed by atoms with van der Waals surface area (Å²) in [4.78, 5) is 0. The fourth-order valence-corrected chi connectivity index (χ4v) is 1.45. The van der Waals surface area contributed by atoms with E-state index in [9.17, 15) is 10.2 Å². The lowest BCUT2D eigenvalue weighted by molar-refractivity contribution is -0.0750. The molecule has 1 rings (SSSR count). The lowest BCUT2D eigenvalue weighted by atomic mass is 10.1. The van der Waals surface area contributed by atoms with E-state index in [4.69, 9.17) is 10.2 Å². The summed E-state index contributed by atoms with van der Waals surface area (Å²) in [6, 6.07) is 9.63. The van der Waals surface area contributed by atoms with Gasteiger partial charge >= 0.3 is 0 Å². The summed E-state index contributed by atoms with van der Waals surface area (Å²) in [5.41, 5.74) is 1.07. The molecule has 3 unspecified atom stereocenters. The highest BCUT2D eigenvalue weighted by molar-refractivity contribution is 5.14. The van der Waals surface area contributed by atoms with Crippen LogP contribution in [0.1, 0.15) is 5.56 Å². The van der Waals surface area contributed by atoms with Crippen molar-refractivity contribution in [2.24, 2.45) is 0 Å². The molecule has 3 atom stereocenters. The first-order valence-corrected chi connectivity index (χ1v) is 5.55. The zero-order chi connectivity index (χ0) is 12.7. The minimum Gasteiger partial charge on any atom is -0.394 e. The van der Waals surface area contributed by atoms with Gasteiger partial charge < -0.3 is 25.7 Å². The van der Waals surface area contributed by atoms with Gasteiger partial charge in [-0.05, 0) is 5.56 Å². The molecule has 17 heavy (non-hydrogen) atoms. The van der Waals surface area contributed by atoms with Gasteiger partial charge in [0.25, 0.3) is 0 Å². The van der Waals surface area contributed by atoms with Crippen LogP contribution in [-0.2, 0) is 6.54 Å². The minimum absolute atomic E-state index is 0.146. The van der Waals surface area contributed by atoms with Crippen LogP contribution in [0.4, 0.5) is 0 Å². The lowest BCUT2D eigenvalue weighted by Gasteiger charge is -2.21. The molecule has 0 bridgehead atoms. The number of hydrogen-bond donors (Lipinski definition) is 5. The third-order valence-corrected chi connectivity index (χ3v) is 2.50. The summed E-state index contributed by atoms with van der Waals surface area (Å²) < 4.78 is 0. The van der Waals surface area contributed by atoms with Crippen molar-refractivity contribution >= 4 is 0 Å². The van der Waals surface area contributed by atoms with E-state index in [0.29, 0.717) is 6.54 Å². The van der Waals surface area contributed by atoms with Crippen molar-refractivity contribution < 1.29 is 20.4 Å². The molecule has 0 aliphatic heterocycles. The van der Waals surface area contributed by atoms with Gasteiger partial charge in [-0.1, -0.05) is 30.3 Å². The molecule has 5 heteroatoms. The molecule has 0 aromatic heterocycles.